The molecular formula is C5H6FO2. The molecule has 8 heavy (non-hydrogen) atoms. The number of halogens is 1. The molecule has 0 aliphatic heterocycles. The van der Waals surface area contributed by atoms with Crippen molar-refractivity contribution in [2.24, 2.45) is 0 Å². The van der Waals surface area contributed by atoms with Crippen LogP contribution in [-0.4, -0.2) is 19.3 Å². The molecule has 0 aromatic carbocycles. The lowest BCUT2D eigenvalue weighted by atomic mass is 10.6. The van der Waals surface area contributed by atoms with Gasteiger partial charge in [-0.05, 0) is 0 Å². The summed E-state index contributed by atoms with van der Waals surface area (Å²) in [5.74, 6) is -0.692. The average molecular weight is 117 g/mol. The molecule has 1 radical (unpaired) electrons. The molecule has 2 nitrogen and oxygen atoms in total. The van der Waals surface area contributed by atoms with Gasteiger partial charge in [0.25, 0.3) is 0 Å². The Morgan fingerprint density at radius 2 is 2.50 bits per heavy atom. The normalized spacial score (nSPS) is 8.12. The highest BCUT2D eigenvalue weighted by Gasteiger charge is 1.91. The SMILES string of the molecule is [CH]=CC(=O)OCCF. The molecule has 45 valence electrons. The zero-order chi connectivity index (χ0) is 6.41. The van der Waals surface area contributed by atoms with Gasteiger partial charge in [-0.15, -0.1) is 0 Å². The molecule has 3 heteroatoms. The fraction of sp³-hybridized carbons (Fsp3) is 0.400. The third-order valence-electron chi connectivity index (χ3n) is 0.458. The van der Waals surface area contributed by atoms with Gasteiger partial charge in [0.1, 0.15) is 13.3 Å². The molecule has 0 amide bonds. The summed E-state index contributed by atoms with van der Waals surface area (Å²) in [4.78, 5) is 10.0. The van der Waals surface area contributed by atoms with Crippen LogP contribution < -0.4 is 0 Å². The summed E-state index contributed by atoms with van der Waals surface area (Å²) in [6, 6.07) is 0. The molecular weight excluding hydrogens is 111 g/mol. The van der Waals surface area contributed by atoms with E-state index < -0.39 is 12.6 Å². The average Bonchev–Trinajstić information content (AvgIpc) is 1.83. The van der Waals surface area contributed by atoms with Gasteiger partial charge in [0.15, 0.2) is 0 Å². The molecule has 0 atom stereocenters. The quantitative estimate of drug-likeness (QED) is 0.397. The van der Waals surface area contributed by atoms with Gasteiger partial charge in [-0.25, -0.2) is 9.18 Å². The molecule has 0 N–H and O–H groups in total. The number of hydrogen-bond donors (Lipinski definition) is 0. The third kappa shape index (κ3) is 3.33. The summed E-state index contributed by atoms with van der Waals surface area (Å²) in [7, 11) is 0. The Hall–Kier alpha value is -0.860. The van der Waals surface area contributed by atoms with Crippen molar-refractivity contribution in [1.29, 1.82) is 0 Å². The second-order valence-corrected chi connectivity index (χ2v) is 1.02. The molecule has 0 aromatic heterocycles. The van der Waals surface area contributed by atoms with Gasteiger partial charge in [-0.1, -0.05) is 6.58 Å². The summed E-state index contributed by atoms with van der Waals surface area (Å²) in [5.41, 5.74) is 0. The number of rotatable bonds is 3. The van der Waals surface area contributed by atoms with Gasteiger partial charge in [0, 0.05) is 6.08 Å². The Labute approximate surface area is 47.0 Å². The molecule has 0 aliphatic carbocycles. The zero-order valence-corrected chi connectivity index (χ0v) is 4.26. The van der Waals surface area contributed by atoms with Crippen LogP contribution >= 0.6 is 0 Å². The minimum Gasteiger partial charge on any atom is -0.460 e. The highest BCUT2D eigenvalue weighted by Crippen LogP contribution is 1.77. The number of carbonyl (C=O) groups is 1. The van der Waals surface area contributed by atoms with Crippen LogP contribution in [0.5, 0.6) is 0 Å². The molecule has 0 aliphatic rings. The van der Waals surface area contributed by atoms with Gasteiger partial charge in [0.2, 0.25) is 0 Å². The predicted octanol–water partition coefficient (Wildman–Crippen LogP) is 0.488. The van der Waals surface area contributed by atoms with Crippen LogP contribution in [0.2, 0.25) is 0 Å². The van der Waals surface area contributed by atoms with Crippen molar-refractivity contribution in [2.45, 2.75) is 0 Å². The molecule has 0 rings (SSSR count). The third-order valence-corrected chi connectivity index (χ3v) is 0.458. The molecule has 0 bridgehead atoms. The summed E-state index contributed by atoms with van der Waals surface area (Å²) >= 11 is 0. The second kappa shape index (κ2) is 4.30. The van der Waals surface area contributed by atoms with Crippen LogP contribution in [0.15, 0.2) is 6.08 Å². The van der Waals surface area contributed by atoms with E-state index in [2.05, 4.69) is 4.74 Å². The first-order valence-corrected chi connectivity index (χ1v) is 2.09. The molecule has 0 spiro atoms. The maximum absolute atomic E-state index is 11.2. The topological polar surface area (TPSA) is 26.3 Å². The van der Waals surface area contributed by atoms with E-state index in [1.165, 1.54) is 0 Å². The van der Waals surface area contributed by atoms with Crippen molar-refractivity contribution in [3.05, 3.63) is 12.7 Å². The maximum atomic E-state index is 11.2. The summed E-state index contributed by atoms with van der Waals surface area (Å²) in [5, 5.41) is 0. The second-order valence-electron chi connectivity index (χ2n) is 1.02. The van der Waals surface area contributed by atoms with Crippen LogP contribution in [0.25, 0.3) is 0 Å². The number of ether oxygens (including phenoxy) is 1. The Bertz CT molecular complexity index is 90.4. The van der Waals surface area contributed by atoms with E-state index >= 15 is 0 Å². The number of alkyl halides is 1. The fourth-order valence-corrected chi connectivity index (χ4v) is 0.187. The first-order valence-electron chi connectivity index (χ1n) is 2.09. The van der Waals surface area contributed by atoms with E-state index in [0.29, 0.717) is 0 Å². The lowest BCUT2D eigenvalue weighted by Crippen LogP contribution is -2.02. The Balaban J connectivity index is 3.11. The summed E-state index contributed by atoms with van der Waals surface area (Å²) < 4.78 is 15.3. The lowest BCUT2D eigenvalue weighted by Gasteiger charge is -1.93. The van der Waals surface area contributed by atoms with E-state index in [1.807, 2.05) is 0 Å². The summed E-state index contributed by atoms with van der Waals surface area (Å²) in [6.45, 7) is 3.81. The number of esters is 1. The van der Waals surface area contributed by atoms with Crippen LogP contribution in [-0.2, 0) is 9.53 Å². The fourth-order valence-electron chi connectivity index (χ4n) is 0.187. The van der Waals surface area contributed by atoms with Crippen LogP contribution in [0.1, 0.15) is 0 Å². The Morgan fingerprint density at radius 1 is 1.88 bits per heavy atom. The molecule has 0 saturated heterocycles. The predicted molar refractivity (Wildman–Crippen MR) is 25.8 cm³/mol. The molecule has 0 aromatic rings. The van der Waals surface area contributed by atoms with E-state index in [9.17, 15) is 9.18 Å². The van der Waals surface area contributed by atoms with E-state index in [1.54, 1.807) is 0 Å². The number of carbonyl (C=O) groups excluding carboxylic acids is 1. The smallest absolute Gasteiger partial charge is 0.330 e. The van der Waals surface area contributed by atoms with Crippen molar-refractivity contribution < 1.29 is 13.9 Å². The van der Waals surface area contributed by atoms with Crippen LogP contribution in [0.3, 0.4) is 0 Å². The lowest BCUT2D eigenvalue weighted by molar-refractivity contribution is -0.138. The minimum atomic E-state index is -0.692. The highest BCUT2D eigenvalue weighted by atomic mass is 19.1. The molecule has 0 saturated carbocycles. The van der Waals surface area contributed by atoms with Gasteiger partial charge >= 0.3 is 5.97 Å². The van der Waals surface area contributed by atoms with Crippen molar-refractivity contribution in [2.75, 3.05) is 13.3 Å². The number of hydrogen-bond acceptors (Lipinski definition) is 2. The van der Waals surface area contributed by atoms with Crippen molar-refractivity contribution in [3.8, 4) is 0 Å². The summed E-state index contributed by atoms with van der Waals surface area (Å²) in [6.07, 6.45) is 0.746. The first kappa shape index (κ1) is 7.14. The zero-order valence-electron chi connectivity index (χ0n) is 4.26. The van der Waals surface area contributed by atoms with E-state index in [0.717, 1.165) is 6.08 Å². The molecule has 0 unspecified atom stereocenters. The van der Waals surface area contributed by atoms with E-state index in [-0.39, 0.29) is 6.61 Å². The standard InChI is InChI=1S/C5H6FO2/c1-2-5(7)8-4-3-6/h1-2H,3-4H2. The van der Waals surface area contributed by atoms with Gasteiger partial charge in [0.05, 0.1) is 0 Å². The maximum Gasteiger partial charge on any atom is 0.330 e. The van der Waals surface area contributed by atoms with E-state index in [4.69, 9.17) is 6.58 Å². The largest absolute Gasteiger partial charge is 0.460 e. The van der Waals surface area contributed by atoms with Crippen molar-refractivity contribution in [3.63, 3.8) is 0 Å². The van der Waals surface area contributed by atoms with Gasteiger partial charge in [-0.3, -0.25) is 0 Å². The Morgan fingerprint density at radius 3 is 2.88 bits per heavy atom. The minimum absolute atomic E-state index is 0.216. The molecule has 0 heterocycles. The molecule has 0 fully saturated rings. The monoisotopic (exact) mass is 117 g/mol. The van der Waals surface area contributed by atoms with Crippen LogP contribution in [0.4, 0.5) is 4.39 Å². The highest BCUT2D eigenvalue weighted by molar-refractivity contribution is 5.80. The van der Waals surface area contributed by atoms with Crippen LogP contribution in [0, 0.1) is 6.58 Å². The first-order chi connectivity index (χ1) is 3.81. The Kier molecular flexibility index (Phi) is 3.84. The van der Waals surface area contributed by atoms with Gasteiger partial charge < -0.3 is 4.74 Å². The van der Waals surface area contributed by atoms with Crippen molar-refractivity contribution in [1.82, 2.24) is 0 Å². The van der Waals surface area contributed by atoms with Gasteiger partial charge in [-0.2, -0.15) is 0 Å². The van der Waals surface area contributed by atoms with Crippen molar-refractivity contribution >= 4 is 5.97 Å².